The number of carbonyl (C=O) groups excluding carboxylic acids is 2. The minimum atomic E-state index is -0.150. The fourth-order valence-electron chi connectivity index (χ4n) is 2.87. The third-order valence-electron chi connectivity index (χ3n) is 4.63. The Bertz CT molecular complexity index is 975. The van der Waals surface area contributed by atoms with Gasteiger partial charge in [-0.2, -0.15) is 17.8 Å². The maximum Gasteiger partial charge on any atom is 0.251 e. The molecule has 0 aliphatic heterocycles. The molecule has 2 aromatic carbocycles. The monoisotopic (exact) mass is 424 g/mol. The van der Waals surface area contributed by atoms with E-state index in [9.17, 15) is 9.59 Å². The van der Waals surface area contributed by atoms with E-state index in [-0.39, 0.29) is 17.7 Å². The van der Waals surface area contributed by atoms with Crippen LogP contribution in [0.3, 0.4) is 0 Å². The van der Waals surface area contributed by atoms with Crippen LogP contribution in [0.1, 0.15) is 23.7 Å². The van der Waals surface area contributed by atoms with Crippen LogP contribution < -0.4 is 10.6 Å². The second kappa shape index (κ2) is 10.5. The maximum atomic E-state index is 12.4. The van der Waals surface area contributed by atoms with Gasteiger partial charge in [-0.15, -0.1) is 10.2 Å². The lowest BCUT2D eigenvalue weighted by Gasteiger charge is -2.10. The average molecular weight is 425 g/mol. The molecule has 3 N–H and O–H groups in total. The third-order valence-corrected chi connectivity index (χ3v) is 5.18. The standard InChI is InChI=1S/C21H24N6O2S/c1-14(13-30)20(28)22-11-4-12-23-21(29)16-9-7-15(8-10-16)17-5-2-3-6-18(17)19-24-26-27-25-19/h2-3,5-10,14,30H,4,11-13H2,1H3,(H,22,28)(H,23,29)(H,24,25,26,27). The lowest BCUT2D eigenvalue weighted by Crippen LogP contribution is -2.33. The van der Waals surface area contributed by atoms with Crippen LogP contribution in [0.5, 0.6) is 0 Å². The summed E-state index contributed by atoms with van der Waals surface area (Å²) >= 11 is 4.11. The number of nitrogens with zero attached hydrogens (tertiary/aromatic N) is 3. The zero-order chi connectivity index (χ0) is 21.3. The van der Waals surface area contributed by atoms with Crippen LogP contribution in [0.25, 0.3) is 22.5 Å². The highest BCUT2D eigenvalue weighted by atomic mass is 32.1. The molecule has 3 aromatic rings. The Kier molecular flexibility index (Phi) is 7.56. The molecule has 156 valence electrons. The Hall–Kier alpha value is -3.20. The van der Waals surface area contributed by atoms with E-state index >= 15 is 0 Å². The van der Waals surface area contributed by atoms with Crippen molar-refractivity contribution in [2.24, 2.45) is 5.92 Å². The number of aromatic amines is 1. The minimum Gasteiger partial charge on any atom is -0.356 e. The Balaban J connectivity index is 1.55. The van der Waals surface area contributed by atoms with Crippen LogP contribution in [-0.4, -0.2) is 51.3 Å². The molecular weight excluding hydrogens is 400 g/mol. The van der Waals surface area contributed by atoms with Gasteiger partial charge < -0.3 is 10.6 Å². The number of amides is 2. The van der Waals surface area contributed by atoms with E-state index in [4.69, 9.17) is 0 Å². The van der Waals surface area contributed by atoms with Crippen molar-refractivity contribution in [1.82, 2.24) is 31.3 Å². The molecule has 2 amide bonds. The van der Waals surface area contributed by atoms with Gasteiger partial charge in [-0.3, -0.25) is 9.59 Å². The van der Waals surface area contributed by atoms with Gasteiger partial charge in [-0.25, -0.2) is 0 Å². The first-order valence-corrected chi connectivity index (χ1v) is 10.3. The van der Waals surface area contributed by atoms with Gasteiger partial charge in [0.2, 0.25) is 11.7 Å². The van der Waals surface area contributed by atoms with Crippen LogP contribution >= 0.6 is 12.6 Å². The number of nitrogens with one attached hydrogen (secondary N) is 3. The number of hydrogen-bond donors (Lipinski definition) is 4. The third kappa shape index (κ3) is 5.44. The highest BCUT2D eigenvalue weighted by molar-refractivity contribution is 7.80. The number of carbonyl (C=O) groups is 2. The van der Waals surface area contributed by atoms with Crippen molar-refractivity contribution < 1.29 is 9.59 Å². The molecule has 1 heterocycles. The summed E-state index contributed by atoms with van der Waals surface area (Å²) in [5.41, 5.74) is 3.34. The predicted octanol–water partition coefficient (Wildman–Crippen LogP) is 2.34. The molecule has 8 nitrogen and oxygen atoms in total. The van der Waals surface area contributed by atoms with Crippen molar-refractivity contribution in [2.45, 2.75) is 13.3 Å². The molecule has 9 heteroatoms. The van der Waals surface area contributed by atoms with Gasteiger partial charge in [0.15, 0.2) is 0 Å². The van der Waals surface area contributed by atoms with Crippen molar-refractivity contribution >= 4 is 24.4 Å². The molecule has 0 fully saturated rings. The van der Waals surface area contributed by atoms with Gasteiger partial charge in [0, 0.05) is 35.9 Å². The van der Waals surface area contributed by atoms with Gasteiger partial charge in [-0.05, 0) is 34.9 Å². The van der Waals surface area contributed by atoms with Gasteiger partial charge in [-0.1, -0.05) is 43.3 Å². The molecular formula is C21H24N6O2S. The SMILES string of the molecule is CC(CS)C(=O)NCCCNC(=O)c1ccc(-c2ccccc2-c2nn[nH]n2)cc1. The number of hydrogen-bond acceptors (Lipinski definition) is 6. The van der Waals surface area contributed by atoms with E-state index in [1.54, 1.807) is 12.1 Å². The first kappa shape index (κ1) is 21.5. The smallest absolute Gasteiger partial charge is 0.251 e. The zero-order valence-electron chi connectivity index (χ0n) is 16.6. The van der Waals surface area contributed by atoms with Crippen molar-refractivity contribution in [3.8, 4) is 22.5 Å². The summed E-state index contributed by atoms with van der Waals surface area (Å²) in [5.74, 6) is 0.740. The van der Waals surface area contributed by atoms with Gasteiger partial charge in [0.1, 0.15) is 0 Å². The molecule has 0 spiro atoms. The van der Waals surface area contributed by atoms with Crippen molar-refractivity contribution in [3.05, 3.63) is 54.1 Å². The molecule has 1 atom stereocenters. The summed E-state index contributed by atoms with van der Waals surface area (Å²) in [6.45, 7) is 2.83. The number of thiol groups is 1. The maximum absolute atomic E-state index is 12.4. The Morgan fingerprint density at radius 2 is 1.73 bits per heavy atom. The zero-order valence-corrected chi connectivity index (χ0v) is 17.5. The normalized spacial score (nSPS) is 11.7. The Morgan fingerprint density at radius 3 is 2.40 bits per heavy atom. The molecule has 1 aromatic heterocycles. The highest BCUT2D eigenvalue weighted by Crippen LogP contribution is 2.29. The van der Waals surface area contributed by atoms with Crippen molar-refractivity contribution in [1.29, 1.82) is 0 Å². The second-order valence-corrected chi connectivity index (χ2v) is 7.21. The van der Waals surface area contributed by atoms with E-state index in [2.05, 4.69) is 43.9 Å². The molecule has 0 aliphatic rings. The largest absolute Gasteiger partial charge is 0.356 e. The number of tetrazole rings is 1. The number of aromatic nitrogens is 4. The Labute approximate surface area is 180 Å². The fraction of sp³-hybridized carbons (Fsp3) is 0.286. The first-order chi connectivity index (χ1) is 14.6. The predicted molar refractivity (Wildman–Crippen MR) is 118 cm³/mol. The lowest BCUT2D eigenvalue weighted by molar-refractivity contribution is -0.123. The summed E-state index contributed by atoms with van der Waals surface area (Å²) in [6.07, 6.45) is 0.660. The fourth-order valence-corrected chi connectivity index (χ4v) is 3.03. The number of rotatable bonds is 9. The van der Waals surface area contributed by atoms with Gasteiger partial charge >= 0.3 is 0 Å². The highest BCUT2D eigenvalue weighted by Gasteiger charge is 2.12. The Morgan fingerprint density at radius 1 is 1.03 bits per heavy atom. The molecule has 0 saturated carbocycles. The minimum absolute atomic E-state index is 0.0204. The summed E-state index contributed by atoms with van der Waals surface area (Å²) in [6, 6.07) is 15.1. The quantitative estimate of drug-likeness (QED) is 0.311. The van der Waals surface area contributed by atoms with Crippen LogP contribution in [-0.2, 0) is 4.79 Å². The molecule has 0 radical (unpaired) electrons. The van der Waals surface area contributed by atoms with Gasteiger partial charge in [0.05, 0.1) is 0 Å². The number of benzene rings is 2. The van der Waals surface area contributed by atoms with E-state index in [0.717, 1.165) is 16.7 Å². The van der Waals surface area contributed by atoms with Crippen LogP contribution in [0.15, 0.2) is 48.5 Å². The summed E-state index contributed by atoms with van der Waals surface area (Å²) in [5, 5.41) is 19.9. The molecule has 3 rings (SSSR count). The number of H-pyrrole nitrogens is 1. The van der Waals surface area contributed by atoms with Gasteiger partial charge in [0.25, 0.3) is 5.91 Å². The van der Waals surface area contributed by atoms with E-state index in [1.165, 1.54) is 0 Å². The first-order valence-electron chi connectivity index (χ1n) is 9.70. The molecule has 0 bridgehead atoms. The van der Waals surface area contributed by atoms with E-state index in [1.807, 2.05) is 43.3 Å². The second-order valence-electron chi connectivity index (χ2n) is 6.84. The summed E-state index contributed by atoms with van der Waals surface area (Å²) in [7, 11) is 0. The molecule has 0 aliphatic carbocycles. The topological polar surface area (TPSA) is 113 Å². The van der Waals surface area contributed by atoms with E-state index in [0.29, 0.717) is 36.7 Å². The summed E-state index contributed by atoms with van der Waals surface area (Å²) in [4.78, 5) is 24.0. The molecule has 0 saturated heterocycles. The van der Waals surface area contributed by atoms with Crippen LogP contribution in [0, 0.1) is 5.92 Å². The van der Waals surface area contributed by atoms with E-state index < -0.39 is 0 Å². The lowest BCUT2D eigenvalue weighted by atomic mass is 9.98. The van der Waals surface area contributed by atoms with Crippen LogP contribution in [0.4, 0.5) is 0 Å². The average Bonchev–Trinajstić information content (AvgIpc) is 3.33. The molecule has 1 unspecified atom stereocenters. The summed E-state index contributed by atoms with van der Waals surface area (Å²) < 4.78 is 0. The van der Waals surface area contributed by atoms with Crippen molar-refractivity contribution in [3.63, 3.8) is 0 Å². The van der Waals surface area contributed by atoms with Crippen LogP contribution in [0.2, 0.25) is 0 Å². The van der Waals surface area contributed by atoms with Crippen molar-refractivity contribution in [2.75, 3.05) is 18.8 Å². The molecule has 30 heavy (non-hydrogen) atoms.